The van der Waals surface area contributed by atoms with Crippen LogP contribution in [-0.2, 0) is 6.42 Å². The second-order valence-electron chi connectivity index (χ2n) is 5.53. The van der Waals surface area contributed by atoms with E-state index in [-0.39, 0.29) is 0 Å². The molecule has 110 valence electrons. The van der Waals surface area contributed by atoms with E-state index in [9.17, 15) is 5.11 Å². The summed E-state index contributed by atoms with van der Waals surface area (Å²) in [6, 6.07) is 12.3. The molecule has 0 aliphatic heterocycles. The Morgan fingerprint density at radius 3 is 2.24 bits per heavy atom. The van der Waals surface area contributed by atoms with Gasteiger partial charge in [0.15, 0.2) is 0 Å². The maximum Gasteiger partial charge on any atom is 0.121 e. The zero-order chi connectivity index (χ0) is 15.2. The van der Waals surface area contributed by atoms with E-state index in [1.165, 1.54) is 18.4 Å². The Bertz CT molecular complexity index is 604. The van der Waals surface area contributed by atoms with E-state index in [1.54, 1.807) is 0 Å². The number of nitrogens with zero attached hydrogens (tertiary/aromatic N) is 1. The predicted molar refractivity (Wildman–Crippen MR) is 89.9 cm³/mol. The summed E-state index contributed by atoms with van der Waals surface area (Å²) in [7, 11) is 0. The first kappa shape index (κ1) is 15.3. The van der Waals surface area contributed by atoms with Gasteiger partial charge in [0.1, 0.15) is 5.75 Å². The van der Waals surface area contributed by atoms with Gasteiger partial charge in [-0.2, -0.15) is 0 Å². The zero-order valence-corrected chi connectivity index (χ0v) is 13.1. The lowest BCUT2D eigenvalue weighted by atomic mass is 10.1. The maximum atomic E-state index is 9.77. The van der Waals surface area contributed by atoms with Crippen LogP contribution in [0.4, 0.5) is 5.69 Å². The minimum atomic E-state index is 0.368. The van der Waals surface area contributed by atoms with Crippen LogP contribution in [0.25, 0.3) is 0 Å². The van der Waals surface area contributed by atoms with Gasteiger partial charge in [-0.05, 0) is 73.2 Å². The first-order valence-electron chi connectivity index (χ1n) is 7.53. The van der Waals surface area contributed by atoms with Gasteiger partial charge in [-0.1, -0.05) is 25.5 Å². The minimum absolute atomic E-state index is 0.368. The molecule has 0 aliphatic carbocycles. The van der Waals surface area contributed by atoms with E-state index < -0.39 is 0 Å². The number of aromatic hydroxyl groups is 1. The average Bonchev–Trinajstić information content (AvgIpc) is 2.49. The number of hydrogen-bond acceptors (Lipinski definition) is 2. The SMILES string of the molecule is CCCCc1ccc(N=Cc2cc(C)c(O)c(C)c2)cc1. The van der Waals surface area contributed by atoms with Crippen LogP contribution in [0, 0.1) is 13.8 Å². The summed E-state index contributed by atoms with van der Waals surface area (Å²) in [5.41, 5.74) is 5.10. The van der Waals surface area contributed by atoms with Crippen molar-refractivity contribution in [1.82, 2.24) is 0 Å². The van der Waals surface area contributed by atoms with Gasteiger partial charge in [-0.25, -0.2) is 0 Å². The van der Waals surface area contributed by atoms with E-state index in [1.807, 2.05) is 32.2 Å². The highest BCUT2D eigenvalue weighted by Crippen LogP contribution is 2.22. The summed E-state index contributed by atoms with van der Waals surface area (Å²) >= 11 is 0. The molecular formula is C19H23NO. The van der Waals surface area contributed by atoms with Gasteiger partial charge < -0.3 is 5.11 Å². The average molecular weight is 281 g/mol. The van der Waals surface area contributed by atoms with Crippen LogP contribution in [-0.4, -0.2) is 11.3 Å². The number of aliphatic imine (C=N–C) groups is 1. The Labute approximate surface area is 127 Å². The number of phenolic OH excluding ortho intramolecular Hbond substituents is 1. The number of unbranched alkanes of at least 4 members (excludes halogenated alkanes) is 1. The largest absolute Gasteiger partial charge is 0.507 e. The molecule has 2 nitrogen and oxygen atoms in total. The Kier molecular flexibility index (Phi) is 5.15. The van der Waals surface area contributed by atoms with Crippen molar-refractivity contribution in [1.29, 1.82) is 0 Å². The van der Waals surface area contributed by atoms with Crippen molar-refractivity contribution in [2.45, 2.75) is 40.0 Å². The van der Waals surface area contributed by atoms with Crippen molar-refractivity contribution in [2.24, 2.45) is 4.99 Å². The van der Waals surface area contributed by atoms with Gasteiger partial charge in [-0.15, -0.1) is 0 Å². The third kappa shape index (κ3) is 4.19. The molecule has 21 heavy (non-hydrogen) atoms. The summed E-state index contributed by atoms with van der Waals surface area (Å²) in [5.74, 6) is 0.368. The Morgan fingerprint density at radius 1 is 1.05 bits per heavy atom. The minimum Gasteiger partial charge on any atom is -0.507 e. The lowest BCUT2D eigenvalue weighted by Gasteiger charge is -2.04. The van der Waals surface area contributed by atoms with E-state index in [4.69, 9.17) is 0 Å². The van der Waals surface area contributed by atoms with Gasteiger partial charge in [-0.3, -0.25) is 4.99 Å². The molecule has 2 rings (SSSR count). The summed E-state index contributed by atoms with van der Waals surface area (Å²) in [4.78, 5) is 4.50. The van der Waals surface area contributed by atoms with E-state index in [0.717, 1.165) is 28.8 Å². The predicted octanol–water partition coefficient (Wildman–Crippen LogP) is 5.10. The van der Waals surface area contributed by atoms with Crippen LogP contribution in [0.15, 0.2) is 41.4 Å². The van der Waals surface area contributed by atoms with Crippen molar-refractivity contribution >= 4 is 11.9 Å². The second kappa shape index (κ2) is 7.07. The van der Waals surface area contributed by atoms with Crippen LogP contribution in [0.2, 0.25) is 0 Å². The third-order valence-electron chi connectivity index (χ3n) is 3.63. The molecule has 0 atom stereocenters. The van der Waals surface area contributed by atoms with Gasteiger partial charge in [0.25, 0.3) is 0 Å². The molecule has 0 amide bonds. The van der Waals surface area contributed by atoms with Crippen molar-refractivity contribution in [3.63, 3.8) is 0 Å². The van der Waals surface area contributed by atoms with Crippen LogP contribution in [0.5, 0.6) is 5.75 Å². The lowest BCUT2D eigenvalue weighted by Crippen LogP contribution is -1.87. The molecule has 0 aliphatic rings. The van der Waals surface area contributed by atoms with Crippen molar-refractivity contribution < 1.29 is 5.11 Å². The Hall–Kier alpha value is -2.09. The standard InChI is InChI=1S/C19H23NO/c1-4-5-6-16-7-9-18(10-8-16)20-13-17-11-14(2)19(21)15(3)12-17/h7-13,21H,4-6H2,1-3H3. The van der Waals surface area contributed by atoms with E-state index in [0.29, 0.717) is 5.75 Å². The fourth-order valence-electron chi connectivity index (χ4n) is 2.34. The van der Waals surface area contributed by atoms with Crippen molar-refractivity contribution in [3.8, 4) is 5.75 Å². The maximum absolute atomic E-state index is 9.77. The van der Waals surface area contributed by atoms with Gasteiger partial charge in [0.05, 0.1) is 5.69 Å². The molecule has 0 heterocycles. The highest BCUT2D eigenvalue weighted by molar-refractivity contribution is 5.83. The molecule has 0 aromatic heterocycles. The molecule has 2 aromatic carbocycles. The molecule has 0 spiro atoms. The summed E-state index contributed by atoms with van der Waals surface area (Å²) in [6.45, 7) is 6.02. The van der Waals surface area contributed by atoms with E-state index >= 15 is 0 Å². The number of rotatable bonds is 5. The lowest BCUT2D eigenvalue weighted by molar-refractivity contribution is 0.467. The summed E-state index contributed by atoms with van der Waals surface area (Å²) in [5, 5.41) is 9.77. The molecule has 0 saturated carbocycles. The number of benzene rings is 2. The number of aryl methyl sites for hydroxylation is 3. The molecule has 0 saturated heterocycles. The highest BCUT2D eigenvalue weighted by atomic mass is 16.3. The molecule has 2 aromatic rings. The van der Waals surface area contributed by atoms with E-state index in [2.05, 4.69) is 36.2 Å². The Balaban J connectivity index is 2.10. The fraction of sp³-hybridized carbons (Fsp3) is 0.316. The highest BCUT2D eigenvalue weighted by Gasteiger charge is 2.01. The van der Waals surface area contributed by atoms with Crippen molar-refractivity contribution in [3.05, 3.63) is 58.7 Å². The van der Waals surface area contributed by atoms with Crippen LogP contribution in [0.1, 0.15) is 42.0 Å². The van der Waals surface area contributed by atoms with Gasteiger partial charge in [0, 0.05) is 6.21 Å². The molecule has 0 fully saturated rings. The fourth-order valence-corrected chi connectivity index (χ4v) is 2.34. The van der Waals surface area contributed by atoms with Crippen molar-refractivity contribution in [2.75, 3.05) is 0 Å². The number of phenols is 1. The molecule has 0 radical (unpaired) electrons. The topological polar surface area (TPSA) is 32.6 Å². The molecule has 0 unspecified atom stereocenters. The first-order chi connectivity index (χ1) is 10.1. The molecule has 2 heteroatoms. The zero-order valence-electron chi connectivity index (χ0n) is 13.1. The van der Waals surface area contributed by atoms with Crippen LogP contribution < -0.4 is 0 Å². The van der Waals surface area contributed by atoms with Gasteiger partial charge >= 0.3 is 0 Å². The molecular weight excluding hydrogens is 258 g/mol. The quantitative estimate of drug-likeness (QED) is 0.760. The van der Waals surface area contributed by atoms with Crippen LogP contribution in [0.3, 0.4) is 0 Å². The molecule has 0 bridgehead atoms. The second-order valence-corrected chi connectivity index (χ2v) is 5.53. The summed E-state index contributed by atoms with van der Waals surface area (Å²) < 4.78 is 0. The first-order valence-corrected chi connectivity index (χ1v) is 7.53. The van der Waals surface area contributed by atoms with Crippen LogP contribution >= 0.6 is 0 Å². The number of hydrogen-bond donors (Lipinski definition) is 1. The summed E-state index contributed by atoms with van der Waals surface area (Å²) in [6.07, 6.45) is 5.44. The molecule has 1 N–H and O–H groups in total. The monoisotopic (exact) mass is 281 g/mol. The normalized spacial score (nSPS) is 11.2. The van der Waals surface area contributed by atoms with Gasteiger partial charge in [0.2, 0.25) is 0 Å². The Morgan fingerprint density at radius 2 is 1.67 bits per heavy atom. The third-order valence-corrected chi connectivity index (χ3v) is 3.63. The smallest absolute Gasteiger partial charge is 0.121 e.